The zero-order chi connectivity index (χ0) is 15.5. The van der Waals surface area contributed by atoms with Crippen LogP contribution in [-0.4, -0.2) is 50.8 Å². The second-order valence-electron chi connectivity index (χ2n) is 5.55. The Morgan fingerprint density at radius 1 is 1.04 bits per heavy atom. The van der Waals surface area contributed by atoms with Crippen LogP contribution in [0.1, 0.15) is 0 Å². The van der Waals surface area contributed by atoms with Crippen molar-refractivity contribution >= 4 is 17.3 Å². The molecule has 0 spiro atoms. The first kappa shape index (κ1) is 14.3. The number of piperazine rings is 1. The number of anilines is 1. The second-order valence-corrected chi connectivity index (χ2v) is 6.33. The molecule has 118 valence electrons. The monoisotopic (exact) mass is 326 g/mol. The summed E-state index contributed by atoms with van der Waals surface area (Å²) in [7, 11) is 0. The van der Waals surface area contributed by atoms with Gasteiger partial charge in [-0.05, 0) is 23.6 Å². The zero-order valence-corrected chi connectivity index (χ0v) is 13.6. The van der Waals surface area contributed by atoms with E-state index < -0.39 is 0 Å². The van der Waals surface area contributed by atoms with Crippen LogP contribution in [0.2, 0.25) is 0 Å². The summed E-state index contributed by atoms with van der Waals surface area (Å²) in [4.78, 5) is 13.3. The van der Waals surface area contributed by atoms with Gasteiger partial charge in [-0.15, -0.1) is 0 Å². The Morgan fingerprint density at radius 2 is 1.87 bits per heavy atom. The molecule has 0 aromatic carbocycles. The molecule has 1 saturated heterocycles. The molecule has 0 atom stereocenters. The largest absolute Gasteiger partial charge is 0.338 e. The topological polar surface area (TPSA) is 50.1 Å². The van der Waals surface area contributed by atoms with Crippen molar-refractivity contribution in [3.63, 3.8) is 0 Å². The summed E-state index contributed by atoms with van der Waals surface area (Å²) in [5.74, 6) is 0.825. The molecule has 1 fully saturated rings. The van der Waals surface area contributed by atoms with Crippen LogP contribution in [0.4, 0.5) is 5.95 Å². The molecule has 0 N–H and O–H groups in total. The highest BCUT2D eigenvalue weighted by molar-refractivity contribution is 7.08. The van der Waals surface area contributed by atoms with Gasteiger partial charge in [0.1, 0.15) is 0 Å². The summed E-state index contributed by atoms with van der Waals surface area (Å²) in [6, 6.07) is 6.04. The summed E-state index contributed by atoms with van der Waals surface area (Å²) in [6.07, 6.45) is 5.65. The number of thiophene rings is 1. The van der Waals surface area contributed by atoms with Crippen molar-refractivity contribution < 1.29 is 0 Å². The predicted octanol–water partition coefficient (Wildman–Crippen LogP) is 2.18. The third-order valence-corrected chi connectivity index (χ3v) is 4.69. The van der Waals surface area contributed by atoms with Crippen molar-refractivity contribution in [2.24, 2.45) is 0 Å². The molecule has 0 radical (unpaired) electrons. The molecule has 0 amide bonds. The van der Waals surface area contributed by atoms with Gasteiger partial charge in [0.15, 0.2) is 0 Å². The molecule has 7 heteroatoms. The normalized spacial score (nSPS) is 15.9. The highest BCUT2D eigenvalue weighted by Gasteiger charge is 2.19. The Bertz CT molecular complexity index is 731. The highest BCUT2D eigenvalue weighted by atomic mass is 32.1. The van der Waals surface area contributed by atoms with E-state index in [0.717, 1.165) is 44.5 Å². The first-order valence-electron chi connectivity index (χ1n) is 7.69. The van der Waals surface area contributed by atoms with Crippen LogP contribution >= 0.6 is 11.3 Å². The number of hydrogen-bond acceptors (Lipinski definition) is 6. The molecule has 3 aromatic heterocycles. The minimum atomic E-state index is 0.825. The summed E-state index contributed by atoms with van der Waals surface area (Å²) < 4.78 is 2.02. The van der Waals surface area contributed by atoms with Gasteiger partial charge >= 0.3 is 0 Å². The average molecular weight is 326 g/mol. The number of rotatable bonds is 4. The summed E-state index contributed by atoms with van der Waals surface area (Å²) in [5.41, 5.74) is 2.24. The Labute approximate surface area is 139 Å². The lowest BCUT2D eigenvalue weighted by atomic mass is 10.2. The molecule has 1 aliphatic rings. The quantitative estimate of drug-likeness (QED) is 0.735. The number of hydrogen-bond donors (Lipinski definition) is 0. The fourth-order valence-electron chi connectivity index (χ4n) is 2.75. The average Bonchev–Trinajstić information content (AvgIpc) is 3.28. The Hall–Kier alpha value is -2.25. The molecule has 0 bridgehead atoms. The van der Waals surface area contributed by atoms with Crippen LogP contribution in [0.25, 0.3) is 11.3 Å². The number of nitrogens with zero attached hydrogens (tertiary/aromatic N) is 6. The van der Waals surface area contributed by atoms with E-state index in [-0.39, 0.29) is 0 Å². The third-order valence-electron chi connectivity index (χ3n) is 4.01. The third kappa shape index (κ3) is 3.25. The van der Waals surface area contributed by atoms with Crippen LogP contribution in [0.3, 0.4) is 0 Å². The number of aromatic nitrogens is 4. The zero-order valence-electron chi connectivity index (χ0n) is 12.7. The van der Waals surface area contributed by atoms with Crippen LogP contribution in [-0.2, 0) is 6.67 Å². The van der Waals surface area contributed by atoms with Gasteiger partial charge in [-0.25, -0.2) is 9.97 Å². The van der Waals surface area contributed by atoms with E-state index in [1.165, 1.54) is 5.56 Å². The molecular formula is C16H18N6S. The van der Waals surface area contributed by atoms with E-state index in [2.05, 4.69) is 54.0 Å². The van der Waals surface area contributed by atoms with Gasteiger partial charge in [0, 0.05) is 55.7 Å². The van der Waals surface area contributed by atoms with Gasteiger partial charge in [0.25, 0.3) is 0 Å². The maximum Gasteiger partial charge on any atom is 0.225 e. The van der Waals surface area contributed by atoms with E-state index in [1.54, 1.807) is 23.7 Å². The van der Waals surface area contributed by atoms with Crippen molar-refractivity contribution in [3.05, 3.63) is 47.5 Å². The van der Waals surface area contributed by atoms with Crippen LogP contribution in [0, 0.1) is 0 Å². The van der Waals surface area contributed by atoms with Crippen molar-refractivity contribution in [2.45, 2.75) is 6.67 Å². The van der Waals surface area contributed by atoms with Crippen LogP contribution < -0.4 is 4.90 Å². The minimum absolute atomic E-state index is 0.825. The molecular weight excluding hydrogens is 308 g/mol. The maximum atomic E-state index is 4.67. The lowest BCUT2D eigenvalue weighted by molar-refractivity contribution is 0.195. The fourth-order valence-corrected chi connectivity index (χ4v) is 3.40. The maximum absolute atomic E-state index is 4.67. The molecule has 4 rings (SSSR count). The van der Waals surface area contributed by atoms with E-state index >= 15 is 0 Å². The van der Waals surface area contributed by atoms with E-state index in [4.69, 9.17) is 0 Å². The molecule has 6 nitrogen and oxygen atoms in total. The van der Waals surface area contributed by atoms with Crippen molar-refractivity contribution in [2.75, 3.05) is 31.1 Å². The van der Waals surface area contributed by atoms with Gasteiger partial charge in [0.2, 0.25) is 5.95 Å². The van der Waals surface area contributed by atoms with Gasteiger partial charge in [-0.3, -0.25) is 9.58 Å². The molecule has 3 aromatic rings. The van der Waals surface area contributed by atoms with Crippen molar-refractivity contribution in [3.8, 4) is 11.3 Å². The van der Waals surface area contributed by atoms with E-state index in [0.29, 0.717) is 0 Å². The smallest absolute Gasteiger partial charge is 0.225 e. The molecule has 1 aliphatic heterocycles. The SMILES string of the molecule is c1cnc(N2CCN(Cn3ccc(-c4ccsc4)n3)CC2)nc1. The predicted molar refractivity (Wildman–Crippen MR) is 91.4 cm³/mol. The lowest BCUT2D eigenvalue weighted by Crippen LogP contribution is -2.47. The second kappa shape index (κ2) is 6.47. The molecule has 0 unspecified atom stereocenters. The minimum Gasteiger partial charge on any atom is -0.338 e. The Kier molecular flexibility index (Phi) is 4.04. The standard InChI is InChI=1S/C16H18N6S/c1-4-17-16(18-5-1)21-9-7-20(8-10-21)13-22-6-2-15(19-22)14-3-11-23-12-14/h1-6,11-12H,7-10,13H2. The first-order chi connectivity index (χ1) is 11.4. The Morgan fingerprint density at radius 3 is 2.61 bits per heavy atom. The van der Waals surface area contributed by atoms with Gasteiger partial charge in [-0.1, -0.05) is 0 Å². The summed E-state index contributed by atoms with van der Waals surface area (Å²) in [5, 5.41) is 8.88. The van der Waals surface area contributed by atoms with Crippen LogP contribution in [0.5, 0.6) is 0 Å². The highest BCUT2D eigenvalue weighted by Crippen LogP contribution is 2.20. The van der Waals surface area contributed by atoms with Gasteiger partial charge in [-0.2, -0.15) is 16.4 Å². The van der Waals surface area contributed by atoms with Crippen molar-refractivity contribution in [1.29, 1.82) is 0 Å². The molecule has 0 aliphatic carbocycles. The lowest BCUT2D eigenvalue weighted by Gasteiger charge is -2.34. The molecule has 4 heterocycles. The van der Waals surface area contributed by atoms with Gasteiger partial charge < -0.3 is 4.90 Å². The molecule has 0 saturated carbocycles. The summed E-state index contributed by atoms with van der Waals surface area (Å²) >= 11 is 1.70. The van der Waals surface area contributed by atoms with Gasteiger partial charge in [0.05, 0.1) is 12.4 Å². The summed E-state index contributed by atoms with van der Waals surface area (Å²) in [6.45, 7) is 4.71. The molecule has 23 heavy (non-hydrogen) atoms. The van der Waals surface area contributed by atoms with E-state index in [9.17, 15) is 0 Å². The Balaban J connectivity index is 1.35. The van der Waals surface area contributed by atoms with E-state index in [1.807, 2.05) is 10.7 Å². The fraction of sp³-hybridized carbons (Fsp3) is 0.312. The first-order valence-corrected chi connectivity index (χ1v) is 8.63. The van der Waals surface area contributed by atoms with Crippen molar-refractivity contribution in [1.82, 2.24) is 24.6 Å². The van der Waals surface area contributed by atoms with Crippen LogP contribution in [0.15, 0.2) is 47.5 Å².